The molecule has 0 aromatic rings. The lowest BCUT2D eigenvalue weighted by Gasteiger charge is -2.25. The summed E-state index contributed by atoms with van der Waals surface area (Å²) in [7, 11) is 0. The average molecular weight is 223 g/mol. The largest absolute Gasteiger partial charge is 0.338 e. The van der Waals surface area contributed by atoms with Crippen molar-refractivity contribution in [2.24, 2.45) is 5.92 Å². The van der Waals surface area contributed by atoms with Gasteiger partial charge in [0.1, 0.15) is 0 Å². The lowest BCUT2D eigenvalue weighted by atomic mass is 10.1. The van der Waals surface area contributed by atoms with E-state index in [1.807, 2.05) is 18.7 Å². The summed E-state index contributed by atoms with van der Waals surface area (Å²) in [5.41, 5.74) is 0. The first-order valence-corrected chi connectivity index (χ1v) is 6.08. The van der Waals surface area contributed by atoms with Crippen LogP contribution in [0.25, 0.3) is 0 Å². The van der Waals surface area contributed by atoms with Crippen molar-refractivity contribution in [3.05, 3.63) is 0 Å². The number of carbonyl (C=O) groups excluding carboxylic acids is 1. The number of nitrogens with one attached hydrogen (secondary N) is 1. The first-order chi connectivity index (χ1) is 7.70. The minimum atomic E-state index is 0.0132. The van der Waals surface area contributed by atoms with E-state index in [2.05, 4.69) is 11.4 Å². The molecule has 4 heteroatoms. The summed E-state index contributed by atoms with van der Waals surface area (Å²) in [6.45, 7) is 6.19. The van der Waals surface area contributed by atoms with E-state index in [0.717, 1.165) is 25.9 Å². The normalized spacial score (nSPS) is 16.6. The summed E-state index contributed by atoms with van der Waals surface area (Å²) in [5, 5.41) is 11.8. The van der Waals surface area contributed by atoms with Gasteiger partial charge in [-0.25, -0.2) is 0 Å². The molecule has 4 nitrogen and oxygen atoms in total. The fourth-order valence-corrected chi connectivity index (χ4v) is 1.76. The molecule has 1 saturated carbocycles. The van der Waals surface area contributed by atoms with E-state index in [4.69, 9.17) is 5.26 Å². The molecule has 1 aliphatic rings. The maximum absolute atomic E-state index is 12.1. The van der Waals surface area contributed by atoms with Crippen LogP contribution in [0.2, 0.25) is 0 Å². The smallest absolute Gasteiger partial charge is 0.226 e. The molecule has 0 aromatic heterocycles. The fourth-order valence-electron chi connectivity index (χ4n) is 1.76. The Labute approximate surface area is 97.6 Å². The third-order valence-electron chi connectivity index (χ3n) is 2.86. The van der Waals surface area contributed by atoms with Crippen LogP contribution in [0.5, 0.6) is 0 Å². The predicted octanol–water partition coefficient (Wildman–Crippen LogP) is 1.14. The van der Waals surface area contributed by atoms with Gasteiger partial charge < -0.3 is 10.2 Å². The number of hydrogen-bond acceptors (Lipinski definition) is 3. The van der Waals surface area contributed by atoms with Gasteiger partial charge in [0, 0.05) is 25.0 Å². The summed E-state index contributed by atoms with van der Waals surface area (Å²) < 4.78 is 0. The Morgan fingerprint density at radius 1 is 1.62 bits per heavy atom. The van der Waals surface area contributed by atoms with Crippen LogP contribution in [-0.4, -0.2) is 36.5 Å². The van der Waals surface area contributed by atoms with Gasteiger partial charge in [-0.2, -0.15) is 5.26 Å². The molecule has 16 heavy (non-hydrogen) atoms. The van der Waals surface area contributed by atoms with Crippen molar-refractivity contribution in [3.63, 3.8) is 0 Å². The van der Waals surface area contributed by atoms with Gasteiger partial charge >= 0.3 is 0 Å². The quantitative estimate of drug-likeness (QED) is 0.704. The SMILES string of the molecule is CCNCC(C)C(=O)N(CCC#N)C1CC1. The van der Waals surface area contributed by atoms with Crippen LogP contribution < -0.4 is 5.32 Å². The van der Waals surface area contributed by atoms with Crippen molar-refractivity contribution >= 4 is 5.91 Å². The van der Waals surface area contributed by atoms with E-state index in [1.54, 1.807) is 0 Å². The van der Waals surface area contributed by atoms with Crippen LogP contribution in [0.15, 0.2) is 0 Å². The van der Waals surface area contributed by atoms with Gasteiger partial charge in [0.25, 0.3) is 0 Å². The summed E-state index contributed by atoms with van der Waals surface area (Å²) in [6.07, 6.45) is 2.65. The van der Waals surface area contributed by atoms with Gasteiger partial charge in [0.15, 0.2) is 0 Å². The Morgan fingerprint density at radius 3 is 2.81 bits per heavy atom. The molecule has 0 radical (unpaired) electrons. The molecule has 1 aliphatic carbocycles. The van der Waals surface area contributed by atoms with Crippen LogP contribution in [0.1, 0.15) is 33.1 Å². The van der Waals surface area contributed by atoms with Crippen molar-refractivity contribution in [1.82, 2.24) is 10.2 Å². The minimum Gasteiger partial charge on any atom is -0.338 e. The second-order valence-corrected chi connectivity index (χ2v) is 4.38. The zero-order valence-corrected chi connectivity index (χ0v) is 10.2. The molecule has 1 unspecified atom stereocenters. The van der Waals surface area contributed by atoms with Gasteiger partial charge in [-0.1, -0.05) is 13.8 Å². The van der Waals surface area contributed by atoms with E-state index >= 15 is 0 Å². The van der Waals surface area contributed by atoms with Crippen LogP contribution in [0.4, 0.5) is 0 Å². The molecular weight excluding hydrogens is 202 g/mol. The molecule has 0 aromatic carbocycles. The fraction of sp³-hybridized carbons (Fsp3) is 0.833. The highest BCUT2D eigenvalue weighted by Gasteiger charge is 2.33. The van der Waals surface area contributed by atoms with Gasteiger partial charge in [-0.15, -0.1) is 0 Å². The standard InChI is InChI=1S/C12H21N3O/c1-3-14-9-10(2)12(16)15(8-4-7-13)11-5-6-11/h10-11,14H,3-6,8-9H2,1-2H3. The predicted molar refractivity (Wildman–Crippen MR) is 62.7 cm³/mol. The molecule has 0 heterocycles. The summed E-state index contributed by atoms with van der Waals surface area (Å²) >= 11 is 0. The average Bonchev–Trinajstić information content (AvgIpc) is 3.10. The van der Waals surface area contributed by atoms with Crippen LogP contribution in [0.3, 0.4) is 0 Å². The number of amides is 1. The molecule has 1 rings (SSSR count). The van der Waals surface area contributed by atoms with Crippen molar-refractivity contribution in [2.75, 3.05) is 19.6 Å². The Balaban J connectivity index is 2.43. The maximum atomic E-state index is 12.1. The van der Waals surface area contributed by atoms with Crippen molar-refractivity contribution in [3.8, 4) is 6.07 Å². The highest BCUT2D eigenvalue weighted by molar-refractivity contribution is 5.79. The second-order valence-electron chi connectivity index (χ2n) is 4.38. The molecule has 0 spiro atoms. The Hall–Kier alpha value is -1.08. The lowest BCUT2D eigenvalue weighted by molar-refractivity contribution is -0.135. The van der Waals surface area contributed by atoms with Crippen molar-refractivity contribution in [1.29, 1.82) is 5.26 Å². The highest BCUT2D eigenvalue weighted by atomic mass is 16.2. The molecule has 1 atom stereocenters. The van der Waals surface area contributed by atoms with Crippen molar-refractivity contribution < 1.29 is 4.79 Å². The van der Waals surface area contributed by atoms with E-state index in [-0.39, 0.29) is 11.8 Å². The van der Waals surface area contributed by atoms with Crippen LogP contribution in [0, 0.1) is 17.2 Å². The van der Waals surface area contributed by atoms with Gasteiger partial charge in [0.2, 0.25) is 5.91 Å². The molecule has 1 N–H and O–H groups in total. The lowest BCUT2D eigenvalue weighted by Crippen LogP contribution is -2.40. The summed E-state index contributed by atoms with van der Waals surface area (Å²) in [6, 6.07) is 2.52. The molecule has 90 valence electrons. The maximum Gasteiger partial charge on any atom is 0.226 e. The van der Waals surface area contributed by atoms with Gasteiger partial charge in [-0.05, 0) is 19.4 Å². The van der Waals surface area contributed by atoms with Crippen LogP contribution in [-0.2, 0) is 4.79 Å². The van der Waals surface area contributed by atoms with E-state index in [9.17, 15) is 4.79 Å². The van der Waals surface area contributed by atoms with Gasteiger partial charge in [0.05, 0.1) is 12.5 Å². The third kappa shape index (κ3) is 3.82. The molecule has 0 bridgehead atoms. The van der Waals surface area contributed by atoms with E-state index in [1.165, 1.54) is 0 Å². The first kappa shape index (κ1) is 13.0. The Bertz CT molecular complexity index is 268. The number of hydrogen-bond donors (Lipinski definition) is 1. The Kier molecular flexibility index (Phi) is 5.27. The van der Waals surface area contributed by atoms with E-state index in [0.29, 0.717) is 19.0 Å². The second kappa shape index (κ2) is 6.49. The van der Waals surface area contributed by atoms with Crippen molar-refractivity contribution in [2.45, 2.75) is 39.2 Å². The summed E-state index contributed by atoms with van der Waals surface area (Å²) in [5.74, 6) is 0.206. The topological polar surface area (TPSA) is 56.1 Å². The number of rotatable bonds is 7. The molecule has 1 fully saturated rings. The van der Waals surface area contributed by atoms with E-state index < -0.39 is 0 Å². The first-order valence-electron chi connectivity index (χ1n) is 6.08. The molecular formula is C12H21N3O. The number of nitrogens with zero attached hydrogens (tertiary/aromatic N) is 2. The van der Waals surface area contributed by atoms with Gasteiger partial charge in [-0.3, -0.25) is 4.79 Å². The van der Waals surface area contributed by atoms with Crippen LogP contribution >= 0.6 is 0 Å². The molecule has 1 amide bonds. The Morgan fingerprint density at radius 2 is 2.31 bits per heavy atom. The third-order valence-corrected chi connectivity index (χ3v) is 2.86. The molecule has 0 aliphatic heterocycles. The summed E-state index contributed by atoms with van der Waals surface area (Å²) in [4.78, 5) is 14.0. The monoisotopic (exact) mass is 223 g/mol. The number of nitriles is 1. The minimum absolute atomic E-state index is 0.0132. The molecule has 0 saturated heterocycles. The zero-order chi connectivity index (χ0) is 12.0. The number of carbonyl (C=O) groups is 1. The highest BCUT2D eigenvalue weighted by Crippen LogP contribution is 2.28. The zero-order valence-electron chi connectivity index (χ0n) is 10.2.